The van der Waals surface area contributed by atoms with Crippen LogP contribution in [0.15, 0.2) is 24.3 Å². The van der Waals surface area contributed by atoms with Crippen LogP contribution >= 0.6 is 0 Å². The normalized spacial score (nSPS) is 13.3. The van der Waals surface area contributed by atoms with Crippen molar-refractivity contribution >= 4 is 5.91 Å². The lowest BCUT2D eigenvalue weighted by Gasteiger charge is -2.23. The van der Waals surface area contributed by atoms with E-state index in [9.17, 15) is 14.3 Å². The van der Waals surface area contributed by atoms with E-state index in [0.717, 1.165) is 5.56 Å². The molecule has 0 saturated heterocycles. The number of hydrogen-bond acceptors (Lipinski definition) is 2. The highest BCUT2D eigenvalue weighted by molar-refractivity contribution is 5.77. The van der Waals surface area contributed by atoms with Gasteiger partial charge < -0.3 is 10.4 Å². The van der Waals surface area contributed by atoms with Gasteiger partial charge in [0.2, 0.25) is 5.91 Å². The maximum absolute atomic E-state index is 13.0. The van der Waals surface area contributed by atoms with Crippen LogP contribution in [0, 0.1) is 11.7 Å². The zero-order chi connectivity index (χ0) is 15.3. The molecule has 1 rings (SSSR count). The van der Waals surface area contributed by atoms with E-state index in [1.165, 1.54) is 12.1 Å². The highest BCUT2D eigenvalue weighted by Crippen LogP contribution is 2.28. The summed E-state index contributed by atoms with van der Waals surface area (Å²) in [6.45, 7) is 7.59. The van der Waals surface area contributed by atoms with Crippen molar-refractivity contribution in [2.75, 3.05) is 6.54 Å². The van der Waals surface area contributed by atoms with Gasteiger partial charge in [0.05, 0.1) is 5.60 Å². The number of carbonyl (C=O) groups is 1. The SMILES string of the molecule is CC(C)C(CC(=O)NCC(C)(C)O)c1ccc(F)cc1. The first-order chi connectivity index (χ1) is 9.19. The molecular formula is C16H24FNO2. The van der Waals surface area contributed by atoms with Gasteiger partial charge in [-0.2, -0.15) is 0 Å². The molecule has 0 aliphatic carbocycles. The van der Waals surface area contributed by atoms with Crippen molar-refractivity contribution in [3.05, 3.63) is 35.6 Å². The zero-order valence-electron chi connectivity index (χ0n) is 12.6. The third-order valence-corrected chi connectivity index (χ3v) is 3.23. The van der Waals surface area contributed by atoms with Crippen LogP contribution in [0.3, 0.4) is 0 Å². The predicted molar refractivity (Wildman–Crippen MR) is 77.9 cm³/mol. The van der Waals surface area contributed by atoms with Crippen molar-refractivity contribution < 1.29 is 14.3 Å². The Morgan fingerprint density at radius 3 is 2.30 bits per heavy atom. The van der Waals surface area contributed by atoms with E-state index in [1.807, 2.05) is 13.8 Å². The second-order valence-corrected chi connectivity index (χ2v) is 6.20. The summed E-state index contributed by atoms with van der Waals surface area (Å²) in [6.07, 6.45) is 0.333. The van der Waals surface area contributed by atoms with Gasteiger partial charge in [-0.1, -0.05) is 26.0 Å². The Kier molecular flexibility index (Phi) is 5.69. The van der Waals surface area contributed by atoms with Gasteiger partial charge in [0.1, 0.15) is 5.82 Å². The first-order valence-corrected chi connectivity index (χ1v) is 6.93. The molecule has 2 N–H and O–H groups in total. The molecular weight excluding hydrogens is 257 g/mol. The topological polar surface area (TPSA) is 49.3 Å². The minimum atomic E-state index is -0.918. The van der Waals surface area contributed by atoms with Crippen molar-refractivity contribution in [1.82, 2.24) is 5.32 Å². The molecule has 112 valence electrons. The van der Waals surface area contributed by atoms with Crippen LogP contribution in [0.2, 0.25) is 0 Å². The summed E-state index contributed by atoms with van der Waals surface area (Å²) in [7, 11) is 0. The van der Waals surface area contributed by atoms with Gasteiger partial charge >= 0.3 is 0 Å². The summed E-state index contributed by atoms with van der Waals surface area (Å²) in [5, 5.41) is 12.3. The second-order valence-electron chi connectivity index (χ2n) is 6.20. The van der Waals surface area contributed by atoms with E-state index in [0.29, 0.717) is 6.42 Å². The Morgan fingerprint density at radius 2 is 1.85 bits per heavy atom. The van der Waals surface area contributed by atoms with Crippen LogP contribution in [-0.2, 0) is 4.79 Å². The van der Waals surface area contributed by atoms with Crippen LogP contribution in [0.4, 0.5) is 4.39 Å². The number of hydrogen-bond donors (Lipinski definition) is 2. The fourth-order valence-corrected chi connectivity index (χ4v) is 2.04. The lowest BCUT2D eigenvalue weighted by Crippen LogP contribution is -2.38. The average molecular weight is 281 g/mol. The van der Waals surface area contributed by atoms with Gasteiger partial charge in [-0.25, -0.2) is 4.39 Å². The van der Waals surface area contributed by atoms with Gasteiger partial charge in [-0.05, 0) is 43.4 Å². The molecule has 4 heteroatoms. The first-order valence-electron chi connectivity index (χ1n) is 6.93. The van der Waals surface area contributed by atoms with Crippen molar-refractivity contribution in [2.45, 2.75) is 45.6 Å². The monoisotopic (exact) mass is 281 g/mol. The molecule has 1 aromatic rings. The molecule has 20 heavy (non-hydrogen) atoms. The minimum absolute atomic E-state index is 0.0393. The summed E-state index contributed by atoms with van der Waals surface area (Å²) >= 11 is 0. The van der Waals surface area contributed by atoms with Crippen LogP contribution in [-0.4, -0.2) is 23.2 Å². The Balaban J connectivity index is 2.68. The Bertz CT molecular complexity index is 435. The molecule has 3 nitrogen and oxygen atoms in total. The van der Waals surface area contributed by atoms with E-state index in [1.54, 1.807) is 26.0 Å². The van der Waals surface area contributed by atoms with Crippen molar-refractivity contribution in [3.8, 4) is 0 Å². The Morgan fingerprint density at radius 1 is 1.30 bits per heavy atom. The van der Waals surface area contributed by atoms with Crippen molar-refractivity contribution in [2.24, 2.45) is 5.92 Å². The number of amides is 1. The van der Waals surface area contributed by atoms with E-state index >= 15 is 0 Å². The van der Waals surface area contributed by atoms with E-state index in [2.05, 4.69) is 5.32 Å². The zero-order valence-corrected chi connectivity index (χ0v) is 12.6. The second kappa shape index (κ2) is 6.84. The standard InChI is InChI=1S/C16H24FNO2/c1-11(2)14(12-5-7-13(17)8-6-12)9-15(19)18-10-16(3,4)20/h5-8,11,14,20H,9-10H2,1-4H3,(H,18,19). The van der Waals surface area contributed by atoms with Gasteiger partial charge in [0, 0.05) is 13.0 Å². The summed E-state index contributed by atoms with van der Waals surface area (Å²) in [5.41, 5.74) is 0.0404. The van der Waals surface area contributed by atoms with E-state index in [4.69, 9.17) is 0 Å². The maximum atomic E-state index is 13.0. The number of aliphatic hydroxyl groups is 1. The Hall–Kier alpha value is -1.42. The minimum Gasteiger partial charge on any atom is -0.389 e. The first kappa shape index (κ1) is 16.6. The Labute approximate surface area is 120 Å². The quantitative estimate of drug-likeness (QED) is 0.842. The van der Waals surface area contributed by atoms with Crippen LogP contribution in [0.1, 0.15) is 45.6 Å². The third-order valence-electron chi connectivity index (χ3n) is 3.23. The summed E-state index contributed by atoms with van der Waals surface area (Å²) in [6, 6.07) is 6.28. The molecule has 0 heterocycles. The molecule has 0 aliphatic heterocycles. The average Bonchev–Trinajstić information content (AvgIpc) is 2.33. The number of carbonyl (C=O) groups excluding carboxylic acids is 1. The smallest absolute Gasteiger partial charge is 0.220 e. The number of benzene rings is 1. The molecule has 1 amide bonds. The molecule has 0 fully saturated rings. The molecule has 0 aromatic heterocycles. The van der Waals surface area contributed by atoms with Gasteiger partial charge in [0.25, 0.3) is 0 Å². The van der Waals surface area contributed by atoms with Crippen LogP contribution in [0.25, 0.3) is 0 Å². The number of rotatable bonds is 6. The molecule has 1 unspecified atom stereocenters. The number of halogens is 1. The molecule has 0 aliphatic rings. The lowest BCUT2D eigenvalue weighted by atomic mass is 9.85. The fourth-order valence-electron chi connectivity index (χ4n) is 2.04. The van der Waals surface area contributed by atoms with Gasteiger partial charge in [-0.3, -0.25) is 4.79 Å². The fraction of sp³-hybridized carbons (Fsp3) is 0.562. The largest absolute Gasteiger partial charge is 0.389 e. The summed E-state index contributed by atoms with van der Waals surface area (Å²) < 4.78 is 13.0. The third kappa shape index (κ3) is 5.70. The highest BCUT2D eigenvalue weighted by Gasteiger charge is 2.21. The number of nitrogens with one attached hydrogen (secondary N) is 1. The molecule has 0 bridgehead atoms. The molecule has 0 saturated carbocycles. The predicted octanol–water partition coefficient (Wildman–Crippen LogP) is 2.84. The molecule has 1 atom stereocenters. The summed E-state index contributed by atoms with van der Waals surface area (Å²) in [4.78, 5) is 11.9. The van der Waals surface area contributed by atoms with Crippen molar-refractivity contribution in [3.63, 3.8) is 0 Å². The van der Waals surface area contributed by atoms with Gasteiger partial charge in [-0.15, -0.1) is 0 Å². The maximum Gasteiger partial charge on any atom is 0.220 e. The van der Waals surface area contributed by atoms with Crippen molar-refractivity contribution in [1.29, 1.82) is 0 Å². The molecule has 1 aromatic carbocycles. The summed E-state index contributed by atoms with van der Waals surface area (Å²) in [5.74, 6) is -0.0661. The van der Waals surface area contributed by atoms with Crippen LogP contribution in [0.5, 0.6) is 0 Å². The lowest BCUT2D eigenvalue weighted by molar-refractivity contribution is -0.122. The van der Waals surface area contributed by atoms with Gasteiger partial charge in [0.15, 0.2) is 0 Å². The highest BCUT2D eigenvalue weighted by atomic mass is 19.1. The molecule has 0 radical (unpaired) electrons. The van der Waals surface area contributed by atoms with E-state index in [-0.39, 0.29) is 30.1 Å². The molecule has 0 spiro atoms. The van der Waals surface area contributed by atoms with E-state index < -0.39 is 5.60 Å². The van der Waals surface area contributed by atoms with Crippen LogP contribution < -0.4 is 5.32 Å².